The summed E-state index contributed by atoms with van der Waals surface area (Å²) in [6.07, 6.45) is 4.88. The zero-order valence-corrected chi connectivity index (χ0v) is 16.0. The van der Waals surface area contributed by atoms with Crippen LogP contribution < -0.4 is 11.1 Å². The van der Waals surface area contributed by atoms with Crippen LogP contribution in [-0.2, 0) is 13.1 Å². The number of anilines is 1. The van der Waals surface area contributed by atoms with Crippen LogP contribution in [0.15, 0.2) is 72.0 Å². The Hall–Kier alpha value is -3.08. The van der Waals surface area contributed by atoms with Crippen LogP contribution in [-0.4, -0.2) is 15.7 Å². The molecule has 5 heteroatoms. The van der Waals surface area contributed by atoms with E-state index < -0.39 is 0 Å². The second-order valence-corrected chi connectivity index (χ2v) is 6.73. The fraction of sp³-hybridized carbons (Fsp3) is 0.273. The molecule has 3 rings (SSSR count). The van der Waals surface area contributed by atoms with Crippen LogP contribution in [0.4, 0.5) is 5.69 Å². The van der Waals surface area contributed by atoms with Gasteiger partial charge in [0.15, 0.2) is 5.96 Å². The molecule has 0 spiro atoms. The zero-order valence-electron chi connectivity index (χ0n) is 16.0. The average molecular weight is 361 g/mol. The maximum absolute atomic E-state index is 6.09. The monoisotopic (exact) mass is 361 g/mol. The van der Waals surface area contributed by atoms with Crippen molar-refractivity contribution >= 4 is 11.6 Å². The van der Waals surface area contributed by atoms with E-state index >= 15 is 0 Å². The number of benzene rings is 2. The molecular weight excluding hydrogens is 334 g/mol. The third-order valence-corrected chi connectivity index (χ3v) is 4.79. The van der Waals surface area contributed by atoms with Gasteiger partial charge in [-0.3, -0.25) is 4.68 Å². The minimum absolute atomic E-state index is 0.417. The molecule has 0 saturated heterocycles. The summed E-state index contributed by atoms with van der Waals surface area (Å²) in [5.41, 5.74) is 10.7. The molecule has 2 aromatic carbocycles. The fourth-order valence-corrected chi connectivity index (χ4v) is 2.92. The molecule has 3 N–H and O–H groups in total. The SMILES string of the molecule is CCC(C)c1ccc(NC(N)=NCc2ccccc2Cn2cccn2)cc1. The van der Waals surface area contributed by atoms with Crippen molar-refractivity contribution in [1.29, 1.82) is 0 Å². The molecule has 3 aromatic rings. The second kappa shape index (κ2) is 9.03. The van der Waals surface area contributed by atoms with Gasteiger partial charge in [0.1, 0.15) is 0 Å². The molecule has 1 atom stereocenters. The van der Waals surface area contributed by atoms with Gasteiger partial charge in [-0.25, -0.2) is 4.99 Å². The molecule has 5 nitrogen and oxygen atoms in total. The quantitative estimate of drug-likeness (QED) is 0.485. The van der Waals surface area contributed by atoms with Crippen LogP contribution in [0.3, 0.4) is 0 Å². The molecule has 1 aromatic heterocycles. The molecule has 0 aliphatic heterocycles. The van der Waals surface area contributed by atoms with E-state index in [2.05, 4.69) is 65.7 Å². The lowest BCUT2D eigenvalue weighted by Gasteiger charge is -2.11. The van der Waals surface area contributed by atoms with Crippen molar-refractivity contribution in [3.05, 3.63) is 83.7 Å². The van der Waals surface area contributed by atoms with Gasteiger partial charge >= 0.3 is 0 Å². The van der Waals surface area contributed by atoms with Crippen molar-refractivity contribution in [1.82, 2.24) is 9.78 Å². The van der Waals surface area contributed by atoms with Gasteiger partial charge in [-0.2, -0.15) is 5.10 Å². The Bertz CT molecular complexity index is 866. The van der Waals surface area contributed by atoms with Crippen molar-refractivity contribution in [2.24, 2.45) is 10.7 Å². The molecule has 0 aliphatic carbocycles. The van der Waals surface area contributed by atoms with E-state index in [1.165, 1.54) is 11.1 Å². The predicted octanol–water partition coefficient (Wildman–Crippen LogP) is 4.37. The number of nitrogens with zero attached hydrogens (tertiary/aromatic N) is 3. The lowest BCUT2D eigenvalue weighted by Crippen LogP contribution is -2.22. The first-order chi connectivity index (χ1) is 13.2. The first-order valence-corrected chi connectivity index (χ1v) is 9.37. The molecule has 1 heterocycles. The summed E-state index contributed by atoms with van der Waals surface area (Å²) < 4.78 is 1.91. The molecular formula is C22H27N5. The first kappa shape index (κ1) is 18.7. The molecule has 0 fully saturated rings. The van der Waals surface area contributed by atoms with Gasteiger partial charge < -0.3 is 11.1 Å². The third-order valence-electron chi connectivity index (χ3n) is 4.79. The van der Waals surface area contributed by atoms with E-state index in [1.807, 2.05) is 29.1 Å². The van der Waals surface area contributed by atoms with Crippen LogP contribution in [0, 0.1) is 0 Å². The topological polar surface area (TPSA) is 68.2 Å². The molecule has 27 heavy (non-hydrogen) atoms. The van der Waals surface area contributed by atoms with Crippen LogP contribution in [0.2, 0.25) is 0 Å². The highest BCUT2D eigenvalue weighted by atomic mass is 15.3. The van der Waals surface area contributed by atoms with Crippen molar-refractivity contribution in [2.45, 2.75) is 39.3 Å². The Balaban J connectivity index is 1.64. The summed E-state index contributed by atoms with van der Waals surface area (Å²) in [4.78, 5) is 4.51. The van der Waals surface area contributed by atoms with Gasteiger partial charge in [0, 0.05) is 18.1 Å². The van der Waals surface area contributed by atoms with Crippen LogP contribution in [0.5, 0.6) is 0 Å². The van der Waals surface area contributed by atoms with Gasteiger partial charge in [0.05, 0.1) is 13.1 Å². The summed E-state index contributed by atoms with van der Waals surface area (Å²) in [7, 11) is 0. The highest BCUT2D eigenvalue weighted by Crippen LogP contribution is 2.20. The second-order valence-electron chi connectivity index (χ2n) is 6.73. The maximum atomic E-state index is 6.09. The lowest BCUT2D eigenvalue weighted by molar-refractivity contribution is 0.681. The van der Waals surface area contributed by atoms with Crippen molar-refractivity contribution < 1.29 is 0 Å². The predicted molar refractivity (Wildman–Crippen MR) is 112 cm³/mol. The molecule has 0 amide bonds. The van der Waals surface area contributed by atoms with Gasteiger partial charge in [0.25, 0.3) is 0 Å². The molecule has 0 saturated carbocycles. The number of aromatic nitrogens is 2. The van der Waals surface area contributed by atoms with Crippen LogP contribution in [0.1, 0.15) is 42.9 Å². The number of aliphatic imine (C=N–C) groups is 1. The summed E-state index contributed by atoms with van der Waals surface area (Å²) >= 11 is 0. The Morgan fingerprint density at radius 3 is 2.52 bits per heavy atom. The van der Waals surface area contributed by atoms with Gasteiger partial charge in [-0.15, -0.1) is 0 Å². The van der Waals surface area contributed by atoms with Crippen LogP contribution >= 0.6 is 0 Å². The zero-order chi connectivity index (χ0) is 19.1. The van der Waals surface area contributed by atoms with E-state index in [4.69, 9.17) is 5.73 Å². The smallest absolute Gasteiger partial charge is 0.193 e. The minimum Gasteiger partial charge on any atom is -0.370 e. The summed E-state index contributed by atoms with van der Waals surface area (Å²) in [6, 6.07) is 18.5. The Morgan fingerprint density at radius 2 is 1.85 bits per heavy atom. The van der Waals surface area contributed by atoms with E-state index in [0.717, 1.165) is 24.2 Å². The number of hydrogen-bond acceptors (Lipinski definition) is 2. The maximum Gasteiger partial charge on any atom is 0.193 e. The summed E-state index contributed by atoms with van der Waals surface area (Å²) in [5.74, 6) is 0.983. The fourth-order valence-electron chi connectivity index (χ4n) is 2.92. The standard InChI is InChI=1S/C22H27N5/c1-3-17(2)18-9-11-21(12-10-18)26-22(23)24-15-19-7-4-5-8-20(19)16-27-14-6-13-25-27/h4-14,17H,3,15-16H2,1-2H3,(H3,23,24,26). The highest BCUT2D eigenvalue weighted by molar-refractivity contribution is 5.92. The lowest BCUT2D eigenvalue weighted by atomic mass is 9.99. The van der Waals surface area contributed by atoms with Gasteiger partial charge in [-0.1, -0.05) is 50.2 Å². The molecule has 0 bridgehead atoms. The number of guanidine groups is 1. The Morgan fingerprint density at radius 1 is 1.11 bits per heavy atom. The van der Waals surface area contributed by atoms with Crippen molar-refractivity contribution in [3.8, 4) is 0 Å². The molecule has 1 unspecified atom stereocenters. The molecule has 140 valence electrons. The first-order valence-electron chi connectivity index (χ1n) is 9.37. The Labute approximate surface area is 160 Å². The largest absolute Gasteiger partial charge is 0.370 e. The van der Waals surface area contributed by atoms with Crippen LogP contribution in [0.25, 0.3) is 0 Å². The van der Waals surface area contributed by atoms with E-state index in [-0.39, 0.29) is 0 Å². The highest BCUT2D eigenvalue weighted by Gasteiger charge is 2.04. The van der Waals surface area contributed by atoms with Gasteiger partial charge in [0.2, 0.25) is 0 Å². The average Bonchev–Trinajstić information content (AvgIpc) is 3.20. The summed E-state index contributed by atoms with van der Waals surface area (Å²) in [6.45, 7) is 5.69. The number of nitrogens with two attached hydrogens (primary N) is 1. The van der Waals surface area contributed by atoms with E-state index in [1.54, 1.807) is 6.20 Å². The number of nitrogens with one attached hydrogen (secondary N) is 1. The molecule has 0 aliphatic rings. The number of hydrogen-bond donors (Lipinski definition) is 2. The third kappa shape index (κ3) is 5.20. The Kier molecular flexibility index (Phi) is 6.26. The van der Waals surface area contributed by atoms with Crippen molar-refractivity contribution in [3.63, 3.8) is 0 Å². The van der Waals surface area contributed by atoms with Gasteiger partial charge in [-0.05, 0) is 47.2 Å². The molecule has 0 radical (unpaired) electrons. The normalized spacial score (nSPS) is 12.7. The number of rotatable bonds is 7. The minimum atomic E-state index is 0.417. The van der Waals surface area contributed by atoms with E-state index in [0.29, 0.717) is 18.4 Å². The van der Waals surface area contributed by atoms with Crippen molar-refractivity contribution in [2.75, 3.05) is 5.32 Å². The van der Waals surface area contributed by atoms with E-state index in [9.17, 15) is 0 Å². The summed E-state index contributed by atoms with van der Waals surface area (Å²) in [5, 5.41) is 7.44.